The lowest BCUT2D eigenvalue weighted by atomic mass is 9.96. The van der Waals surface area contributed by atoms with Gasteiger partial charge in [0, 0.05) is 33.5 Å². The van der Waals surface area contributed by atoms with Gasteiger partial charge >= 0.3 is 0 Å². The van der Waals surface area contributed by atoms with Crippen LogP contribution in [0.4, 0.5) is 17.1 Å². The lowest BCUT2D eigenvalue weighted by Gasteiger charge is -2.26. The molecule has 0 unspecified atom stereocenters. The largest absolute Gasteiger partial charge is 0.310 e. The lowest BCUT2D eigenvalue weighted by Crippen LogP contribution is -2.10. The summed E-state index contributed by atoms with van der Waals surface area (Å²) in [7, 11) is 0. The minimum absolute atomic E-state index is 1.11. The molecule has 0 saturated carbocycles. The van der Waals surface area contributed by atoms with E-state index in [0.717, 1.165) is 22.7 Å². The normalized spacial score (nSPS) is 11.6. The zero-order valence-electron chi connectivity index (χ0n) is 27.4. The molecule has 0 radical (unpaired) electrons. The summed E-state index contributed by atoms with van der Waals surface area (Å²) in [5, 5.41) is 10.1. The van der Waals surface area contributed by atoms with Gasteiger partial charge in [-0.3, -0.25) is 0 Å². The zero-order valence-corrected chi connectivity index (χ0v) is 27.4. The summed E-state index contributed by atoms with van der Waals surface area (Å²) < 4.78 is 2.39. The third kappa shape index (κ3) is 4.57. The molecule has 0 N–H and O–H groups in total. The van der Waals surface area contributed by atoms with Crippen molar-refractivity contribution in [1.82, 2.24) is 4.57 Å². The van der Waals surface area contributed by atoms with E-state index in [1.54, 1.807) is 0 Å². The molecule has 50 heavy (non-hydrogen) atoms. The smallest absolute Gasteiger partial charge is 0.0561 e. The lowest BCUT2D eigenvalue weighted by molar-refractivity contribution is 1.18. The molecule has 1 heterocycles. The molecule has 0 saturated heterocycles. The molecule has 0 amide bonds. The van der Waals surface area contributed by atoms with Crippen molar-refractivity contribution < 1.29 is 0 Å². The Morgan fingerprint density at radius 2 is 0.820 bits per heavy atom. The quantitative estimate of drug-likeness (QED) is 0.171. The van der Waals surface area contributed by atoms with E-state index in [1.807, 2.05) is 0 Å². The van der Waals surface area contributed by atoms with Gasteiger partial charge in [0.05, 0.1) is 11.0 Å². The van der Waals surface area contributed by atoms with Gasteiger partial charge in [0.15, 0.2) is 0 Å². The zero-order chi connectivity index (χ0) is 33.0. The van der Waals surface area contributed by atoms with Crippen molar-refractivity contribution in [3.05, 3.63) is 194 Å². The van der Waals surface area contributed by atoms with Crippen LogP contribution in [0.15, 0.2) is 194 Å². The number of hydrogen-bond acceptors (Lipinski definition) is 1. The van der Waals surface area contributed by atoms with Crippen LogP contribution in [0.1, 0.15) is 0 Å². The number of benzene rings is 9. The Morgan fingerprint density at radius 3 is 1.62 bits per heavy atom. The molecule has 10 rings (SSSR count). The average Bonchev–Trinajstić information content (AvgIpc) is 3.52. The maximum absolute atomic E-state index is 2.40. The highest BCUT2D eigenvalue weighted by Crippen LogP contribution is 2.42. The molecule has 2 nitrogen and oxygen atoms in total. The average molecular weight is 637 g/mol. The molecule has 1 aromatic heterocycles. The Bertz CT molecular complexity index is 2850. The van der Waals surface area contributed by atoms with Gasteiger partial charge in [0.2, 0.25) is 0 Å². The van der Waals surface area contributed by atoms with E-state index in [2.05, 4.69) is 204 Å². The number of aromatic nitrogens is 1. The first-order valence-electron chi connectivity index (χ1n) is 17.2. The van der Waals surface area contributed by atoms with Gasteiger partial charge in [-0.1, -0.05) is 140 Å². The first kappa shape index (κ1) is 28.4. The Balaban J connectivity index is 1.22. The summed E-state index contributed by atoms with van der Waals surface area (Å²) in [5.74, 6) is 0. The minimum atomic E-state index is 1.11. The van der Waals surface area contributed by atoms with Crippen molar-refractivity contribution in [2.45, 2.75) is 0 Å². The van der Waals surface area contributed by atoms with Crippen LogP contribution in [0.25, 0.3) is 70.9 Å². The van der Waals surface area contributed by atoms with Gasteiger partial charge in [-0.2, -0.15) is 0 Å². The molecular weight excluding hydrogens is 605 g/mol. The Kier molecular flexibility index (Phi) is 6.53. The molecule has 0 aliphatic heterocycles. The van der Waals surface area contributed by atoms with E-state index >= 15 is 0 Å². The van der Waals surface area contributed by atoms with Gasteiger partial charge in [-0.15, -0.1) is 0 Å². The molecule has 0 aliphatic rings. The topological polar surface area (TPSA) is 8.17 Å². The molecule has 2 heteroatoms. The number of hydrogen-bond donors (Lipinski definition) is 0. The molecule has 10 aromatic rings. The molecule has 0 bridgehead atoms. The van der Waals surface area contributed by atoms with Crippen LogP contribution in [0.3, 0.4) is 0 Å². The predicted molar refractivity (Wildman–Crippen MR) is 213 cm³/mol. The fraction of sp³-hybridized carbons (Fsp3) is 0. The van der Waals surface area contributed by atoms with Gasteiger partial charge in [0.25, 0.3) is 0 Å². The summed E-state index contributed by atoms with van der Waals surface area (Å²) in [6.07, 6.45) is 0. The van der Waals surface area contributed by atoms with Crippen molar-refractivity contribution in [1.29, 1.82) is 0 Å². The summed E-state index contributed by atoms with van der Waals surface area (Å²) in [6, 6.07) is 70.5. The van der Waals surface area contributed by atoms with E-state index in [1.165, 1.54) is 65.3 Å². The van der Waals surface area contributed by atoms with Crippen LogP contribution in [-0.4, -0.2) is 4.57 Å². The van der Waals surface area contributed by atoms with Gasteiger partial charge in [-0.25, -0.2) is 0 Å². The maximum Gasteiger partial charge on any atom is 0.0561 e. The molecular formula is C48H32N2. The summed E-state index contributed by atoms with van der Waals surface area (Å²) in [6.45, 7) is 0. The second-order valence-electron chi connectivity index (χ2n) is 13.0. The molecule has 0 fully saturated rings. The standard InChI is InChI=1S/C48H32N2/c1-3-11-33(12-4-1)34-19-24-38(25-20-34)49(39-26-21-36-23-28-42-41-16-8-7-13-35(41)22-29-43(42)46(36)31-39)40-27-30-45-44-17-9-10-18-47(44)50(48(45)32-40)37-14-5-2-6-15-37/h1-32H. The van der Waals surface area contributed by atoms with Crippen LogP contribution in [0, 0.1) is 0 Å². The van der Waals surface area contributed by atoms with Gasteiger partial charge in [0.1, 0.15) is 0 Å². The van der Waals surface area contributed by atoms with Crippen LogP contribution in [0.2, 0.25) is 0 Å². The number of nitrogens with zero attached hydrogens (tertiary/aromatic N) is 2. The molecule has 0 spiro atoms. The maximum atomic E-state index is 2.40. The van der Waals surface area contributed by atoms with E-state index in [0.29, 0.717) is 0 Å². The molecule has 9 aromatic carbocycles. The Morgan fingerprint density at radius 1 is 0.300 bits per heavy atom. The summed E-state index contributed by atoms with van der Waals surface area (Å²) in [5.41, 5.74) is 9.28. The second-order valence-corrected chi connectivity index (χ2v) is 13.0. The first-order chi connectivity index (χ1) is 24.8. The first-order valence-corrected chi connectivity index (χ1v) is 17.2. The van der Waals surface area contributed by atoms with E-state index in [4.69, 9.17) is 0 Å². The van der Waals surface area contributed by atoms with Crippen LogP contribution in [0.5, 0.6) is 0 Å². The fourth-order valence-electron chi connectivity index (χ4n) is 7.78. The summed E-state index contributed by atoms with van der Waals surface area (Å²) >= 11 is 0. The minimum Gasteiger partial charge on any atom is -0.310 e. The van der Waals surface area contributed by atoms with Crippen molar-refractivity contribution in [3.8, 4) is 16.8 Å². The van der Waals surface area contributed by atoms with Gasteiger partial charge in [-0.05, 0) is 98.0 Å². The van der Waals surface area contributed by atoms with E-state index in [9.17, 15) is 0 Å². The monoisotopic (exact) mass is 636 g/mol. The number of para-hydroxylation sites is 2. The van der Waals surface area contributed by atoms with E-state index < -0.39 is 0 Å². The second kappa shape index (κ2) is 11.5. The van der Waals surface area contributed by atoms with Crippen molar-refractivity contribution in [2.75, 3.05) is 4.90 Å². The fourth-order valence-corrected chi connectivity index (χ4v) is 7.78. The van der Waals surface area contributed by atoms with Crippen molar-refractivity contribution >= 4 is 71.2 Å². The highest BCUT2D eigenvalue weighted by atomic mass is 15.1. The number of rotatable bonds is 5. The predicted octanol–water partition coefficient (Wildman–Crippen LogP) is 13.4. The van der Waals surface area contributed by atoms with Crippen molar-refractivity contribution in [3.63, 3.8) is 0 Å². The highest BCUT2D eigenvalue weighted by molar-refractivity contribution is 6.18. The Labute approximate surface area is 290 Å². The van der Waals surface area contributed by atoms with Crippen LogP contribution in [-0.2, 0) is 0 Å². The van der Waals surface area contributed by atoms with E-state index in [-0.39, 0.29) is 0 Å². The SMILES string of the molecule is c1ccc(-c2ccc(N(c3ccc4ccc5c6ccccc6ccc5c4c3)c3ccc4c5ccccc5n(-c5ccccc5)c4c3)cc2)cc1. The summed E-state index contributed by atoms with van der Waals surface area (Å²) in [4.78, 5) is 2.40. The third-order valence-electron chi connectivity index (χ3n) is 10.1. The van der Waals surface area contributed by atoms with Crippen LogP contribution < -0.4 is 4.90 Å². The molecule has 234 valence electrons. The third-order valence-corrected chi connectivity index (χ3v) is 10.1. The highest BCUT2D eigenvalue weighted by Gasteiger charge is 2.18. The number of anilines is 3. The van der Waals surface area contributed by atoms with Crippen molar-refractivity contribution in [2.24, 2.45) is 0 Å². The Hall–Kier alpha value is -6.64. The van der Waals surface area contributed by atoms with Gasteiger partial charge < -0.3 is 9.47 Å². The van der Waals surface area contributed by atoms with Crippen LogP contribution >= 0.6 is 0 Å². The number of fused-ring (bicyclic) bond motifs is 8. The molecule has 0 atom stereocenters. The molecule has 0 aliphatic carbocycles.